The first-order chi connectivity index (χ1) is 23.9. The van der Waals surface area contributed by atoms with Crippen LogP contribution in [0.5, 0.6) is 23.0 Å². The Balaban J connectivity index is 1.48. The van der Waals surface area contributed by atoms with Crippen molar-refractivity contribution in [3.05, 3.63) is 59.7 Å². The summed E-state index contributed by atoms with van der Waals surface area (Å²) in [5.41, 5.74) is 0.994. The van der Waals surface area contributed by atoms with E-state index >= 15 is 0 Å². The molecule has 0 unspecified atom stereocenters. The Hall–Kier alpha value is -4.30. The Morgan fingerprint density at radius 3 is 2.00 bits per heavy atom. The second kappa shape index (κ2) is 17.1. The fourth-order valence-corrected chi connectivity index (χ4v) is 5.25. The predicted octanol–water partition coefficient (Wildman–Crippen LogP) is -1.14. The number of carbonyl (C=O) groups excluding carboxylic acids is 2. The number of aromatic hydroxyl groups is 1. The molecule has 7 N–H and O–H groups in total. The zero-order valence-corrected chi connectivity index (χ0v) is 27.2. The molecule has 0 radical (unpaired) electrons. The number of benzene rings is 2. The third-order valence-electron chi connectivity index (χ3n) is 7.90. The molecule has 2 heterocycles. The zero-order valence-electron chi connectivity index (χ0n) is 27.2. The van der Waals surface area contributed by atoms with Crippen LogP contribution in [0, 0.1) is 0 Å². The average Bonchev–Trinajstić information content (AvgIpc) is 3.39. The summed E-state index contributed by atoms with van der Waals surface area (Å²) in [4.78, 5) is 25.3. The number of phenolic OH excluding ortho intramolecular Hbond substituents is 1. The zero-order chi connectivity index (χ0) is 36.6. The van der Waals surface area contributed by atoms with Crippen LogP contribution in [0.15, 0.2) is 48.6 Å². The highest BCUT2D eigenvalue weighted by atomic mass is 16.8. The molecule has 9 atom stereocenters. The second-order valence-electron chi connectivity index (χ2n) is 11.1. The highest BCUT2D eigenvalue weighted by Gasteiger charge is 2.60. The summed E-state index contributed by atoms with van der Waals surface area (Å²) in [6, 6.07) is 9.01. The van der Waals surface area contributed by atoms with Crippen LogP contribution in [0.1, 0.15) is 11.1 Å². The second-order valence-corrected chi connectivity index (χ2v) is 11.1. The van der Waals surface area contributed by atoms with E-state index in [1.165, 1.54) is 45.6 Å². The summed E-state index contributed by atoms with van der Waals surface area (Å²) in [5.74, 6) is -3.44. The number of methoxy groups -OCH3 is 3. The van der Waals surface area contributed by atoms with Gasteiger partial charge in [-0.05, 0) is 47.5 Å². The van der Waals surface area contributed by atoms with Gasteiger partial charge in [-0.25, -0.2) is 9.59 Å². The monoisotopic (exact) mass is 708 g/mol. The van der Waals surface area contributed by atoms with Crippen LogP contribution in [-0.2, 0) is 33.3 Å². The third kappa shape index (κ3) is 8.70. The standard InChI is InChI=1S/C33H40O17/c1-43-20-12-18(13-21(44-2)30(20)45-3)7-11-25(38)48-31-27(40)22(14-34)49-33(31,16-35)50-32-29(42)28(41)26(39)23(47-32)15-46-24(37)10-6-17-4-8-19(36)9-5-17/h4-13,22-23,26-29,31-32,34-36,39-42H,14-16H2,1-3H3/b10-6-,11-7+/t22-,23+,26+,27+,28-,29+,31-,32+,33+/m0/s1. The van der Waals surface area contributed by atoms with E-state index < -0.39 is 86.6 Å². The molecule has 0 spiro atoms. The molecule has 2 aliphatic rings. The quantitative estimate of drug-likeness (QED) is 0.0905. The SMILES string of the molecule is COc1cc(/C=C/C(=O)O[C@H]2[C@H](O)[C@H](CO)O[C@]2(CO)O[C@H]2O[C@H](COC(=O)/C=C\c3ccc(O)cc3)[C@@H](O)[C@H](O)[C@H]2O)cc(OC)c1OC. The number of rotatable bonds is 14. The number of aliphatic hydroxyl groups excluding tert-OH is 6. The number of hydrogen-bond acceptors (Lipinski definition) is 17. The van der Waals surface area contributed by atoms with Gasteiger partial charge in [-0.15, -0.1) is 0 Å². The Bertz CT molecular complexity index is 1490. The van der Waals surface area contributed by atoms with Gasteiger partial charge in [0.25, 0.3) is 0 Å². The summed E-state index contributed by atoms with van der Waals surface area (Å²) < 4.78 is 43.3. The van der Waals surface area contributed by atoms with Crippen LogP contribution in [0.2, 0.25) is 0 Å². The van der Waals surface area contributed by atoms with Gasteiger partial charge in [0, 0.05) is 12.2 Å². The third-order valence-corrected chi connectivity index (χ3v) is 7.90. The molecule has 17 nitrogen and oxygen atoms in total. The molecule has 2 aromatic rings. The van der Waals surface area contributed by atoms with Crippen LogP contribution in [0.4, 0.5) is 0 Å². The molecule has 0 saturated carbocycles. The Labute approximate surface area is 286 Å². The van der Waals surface area contributed by atoms with Crippen molar-refractivity contribution < 1.29 is 83.2 Å². The Morgan fingerprint density at radius 1 is 0.800 bits per heavy atom. The van der Waals surface area contributed by atoms with Gasteiger partial charge >= 0.3 is 11.9 Å². The maximum absolute atomic E-state index is 13.0. The van der Waals surface area contributed by atoms with Gasteiger partial charge < -0.3 is 73.6 Å². The molecule has 4 rings (SSSR count). The van der Waals surface area contributed by atoms with E-state index in [4.69, 9.17) is 37.9 Å². The van der Waals surface area contributed by atoms with Gasteiger partial charge in [-0.3, -0.25) is 0 Å². The fraction of sp³-hybridized carbons (Fsp3) is 0.455. The van der Waals surface area contributed by atoms with Gasteiger partial charge in [-0.2, -0.15) is 0 Å². The molecular weight excluding hydrogens is 668 g/mol. The molecule has 274 valence electrons. The summed E-state index contributed by atoms with van der Waals surface area (Å²) >= 11 is 0. The van der Waals surface area contributed by atoms with Crippen LogP contribution < -0.4 is 14.2 Å². The minimum atomic E-state index is -2.47. The minimum absolute atomic E-state index is 0.0341. The van der Waals surface area contributed by atoms with E-state index in [0.717, 1.165) is 12.2 Å². The largest absolute Gasteiger partial charge is 0.508 e. The molecular formula is C33H40O17. The van der Waals surface area contributed by atoms with E-state index in [1.807, 2.05) is 0 Å². The van der Waals surface area contributed by atoms with Crippen molar-refractivity contribution in [2.45, 2.75) is 54.8 Å². The number of ether oxygens (including phenoxy) is 8. The molecule has 2 fully saturated rings. The maximum Gasteiger partial charge on any atom is 0.331 e. The summed E-state index contributed by atoms with van der Waals surface area (Å²) in [6.07, 6.45) is -9.36. The van der Waals surface area contributed by atoms with Crippen molar-refractivity contribution in [1.29, 1.82) is 0 Å². The van der Waals surface area contributed by atoms with Crippen molar-refractivity contribution in [2.75, 3.05) is 41.2 Å². The maximum atomic E-state index is 13.0. The van der Waals surface area contributed by atoms with E-state index in [1.54, 1.807) is 24.3 Å². The molecule has 2 saturated heterocycles. The molecule has 0 amide bonds. The lowest BCUT2D eigenvalue weighted by atomic mass is 9.99. The molecule has 50 heavy (non-hydrogen) atoms. The van der Waals surface area contributed by atoms with E-state index in [9.17, 15) is 45.3 Å². The first-order valence-electron chi connectivity index (χ1n) is 15.2. The predicted molar refractivity (Wildman–Crippen MR) is 169 cm³/mol. The molecule has 0 aromatic heterocycles. The van der Waals surface area contributed by atoms with Crippen LogP contribution in [-0.4, -0.2) is 144 Å². The summed E-state index contributed by atoms with van der Waals surface area (Å²) in [7, 11) is 4.24. The first kappa shape index (κ1) is 38.5. The number of phenols is 1. The van der Waals surface area contributed by atoms with E-state index in [-0.39, 0.29) is 5.75 Å². The van der Waals surface area contributed by atoms with Crippen molar-refractivity contribution >= 4 is 24.1 Å². The van der Waals surface area contributed by atoms with Crippen molar-refractivity contribution in [2.24, 2.45) is 0 Å². The van der Waals surface area contributed by atoms with E-state index in [2.05, 4.69) is 0 Å². The van der Waals surface area contributed by atoms with Crippen molar-refractivity contribution in [1.82, 2.24) is 0 Å². The fourth-order valence-electron chi connectivity index (χ4n) is 5.25. The lowest BCUT2D eigenvalue weighted by molar-refractivity contribution is -0.383. The van der Waals surface area contributed by atoms with Crippen molar-refractivity contribution in [3.8, 4) is 23.0 Å². The molecule has 17 heteroatoms. The molecule has 0 bridgehead atoms. The highest BCUT2D eigenvalue weighted by molar-refractivity contribution is 5.88. The lowest BCUT2D eigenvalue weighted by Crippen LogP contribution is -2.63. The minimum Gasteiger partial charge on any atom is -0.508 e. The smallest absolute Gasteiger partial charge is 0.331 e. The van der Waals surface area contributed by atoms with Gasteiger partial charge in [-0.1, -0.05) is 12.1 Å². The summed E-state index contributed by atoms with van der Waals surface area (Å²) in [5, 5.41) is 72.3. The molecule has 2 aliphatic heterocycles. The van der Waals surface area contributed by atoms with Crippen molar-refractivity contribution in [3.63, 3.8) is 0 Å². The van der Waals surface area contributed by atoms with E-state index in [0.29, 0.717) is 28.4 Å². The number of aliphatic hydroxyl groups is 6. The summed E-state index contributed by atoms with van der Waals surface area (Å²) in [6.45, 7) is -2.57. The van der Waals surface area contributed by atoms with Gasteiger partial charge in [0.15, 0.2) is 23.9 Å². The Morgan fingerprint density at radius 2 is 1.42 bits per heavy atom. The average molecular weight is 709 g/mol. The topological polar surface area (TPSA) is 250 Å². The first-order valence-corrected chi connectivity index (χ1v) is 15.2. The van der Waals surface area contributed by atoms with Crippen LogP contribution >= 0.6 is 0 Å². The number of esters is 2. The number of carbonyl (C=O) groups is 2. The number of hydrogen-bond donors (Lipinski definition) is 7. The molecule has 0 aliphatic carbocycles. The molecule has 2 aromatic carbocycles. The van der Waals surface area contributed by atoms with Crippen LogP contribution in [0.25, 0.3) is 12.2 Å². The Kier molecular flexibility index (Phi) is 13.2. The van der Waals surface area contributed by atoms with Gasteiger partial charge in [0.2, 0.25) is 11.5 Å². The van der Waals surface area contributed by atoms with Crippen LogP contribution in [0.3, 0.4) is 0 Å². The highest BCUT2D eigenvalue weighted by Crippen LogP contribution is 2.40. The lowest BCUT2D eigenvalue weighted by Gasteiger charge is -2.43. The van der Waals surface area contributed by atoms with Gasteiger partial charge in [0.05, 0.1) is 27.9 Å². The normalized spacial score (nSPS) is 29.6. The van der Waals surface area contributed by atoms with Gasteiger partial charge in [0.1, 0.15) is 55.6 Å².